The van der Waals surface area contributed by atoms with E-state index in [0.29, 0.717) is 19.6 Å². The number of amides is 1. The highest BCUT2D eigenvalue weighted by atomic mass is 79.9. The van der Waals surface area contributed by atoms with Crippen LogP contribution in [0.3, 0.4) is 0 Å². The summed E-state index contributed by atoms with van der Waals surface area (Å²) in [6, 6.07) is 11.8. The van der Waals surface area contributed by atoms with Crippen LogP contribution in [-0.4, -0.2) is 57.0 Å². The van der Waals surface area contributed by atoms with Gasteiger partial charge in [0, 0.05) is 40.0 Å². The molecule has 1 amide bonds. The molecule has 1 fully saturated rings. The number of carbonyl (C=O) groups is 1. The first-order valence-corrected chi connectivity index (χ1v) is 12.3. The van der Waals surface area contributed by atoms with Crippen LogP contribution >= 0.6 is 27.3 Å². The first-order chi connectivity index (χ1) is 13.4. The van der Waals surface area contributed by atoms with Crippen LogP contribution in [0.15, 0.2) is 46.9 Å². The molecule has 1 aliphatic heterocycles. The topological polar surface area (TPSA) is 63.7 Å². The molecule has 150 valence electrons. The van der Waals surface area contributed by atoms with Gasteiger partial charge in [-0.1, -0.05) is 28.1 Å². The molecular formula is C20H22BrNO4S2. The van der Waals surface area contributed by atoms with Crippen molar-refractivity contribution in [1.82, 2.24) is 4.90 Å². The van der Waals surface area contributed by atoms with Crippen molar-refractivity contribution in [2.75, 3.05) is 31.8 Å². The van der Waals surface area contributed by atoms with Gasteiger partial charge < -0.3 is 9.64 Å². The van der Waals surface area contributed by atoms with E-state index in [1.165, 1.54) is 6.08 Å². The molecule has 0 N–H and O–H groups in total. The lowest BCUT2D eigenvalue weighted by atomic mass is 10.2. The average molecular weight is 484 g/mol. The lowest BCUT2D eigenvalue weighted by Gasteiger charge is -2.26. The molecule has 1 aromatic carbocycles. The highest BCUT2D eigenvalue weighted by molar-refractivity contribution is 9.10. The van der Waals surface area contributed by atoms with E-state index in [-0.39, 0.29) is 23.5 Å². The SMILES string of the molecule is COCCN(C(=O)C=Cc1ccc(-c2ccc(Br)cc2)s1)C1CCS(=O)(=O)C1. The van der Waals surface area contributed by atoms with E-state index < -0.39 is 9.84 Å². The Balaban J connectivity index is 1.70. The molecule has 0 bridgehead atoms. The summed E-state index contributed by atoms with van der Waals surface area (Å²) in [6.07, 6.45) is 3.80. The number of halogens is 1. The second kappa shape index (κ2) is 9.35. The lowest BCUT2D eigenvalue weighted by molar-refractivity contribution is -0.128. The molecule has 1 aromatic heterocycles. The van der Waals surface area contributed by atoms with E-state index in [1.54, 1.807) is 29.4 Å². The van der Waals surface area contributed by atoms with Gasteiger partial charge in [-0.3, -0.25) is 4.79 Å². The normalized spacial score (nSPS) is 18.6. The molecular weight excluding hydrogens is 462 g/mol. The van der Waals surface area contributed by atoms with Gasteiger partial charge in [0.2, 0.25) is 5.91 Å². The fourth-order valence-corrected chi connectivity index (χ4v) is 6.06. The van der Waals surface area contributed by atoms with E-state index in [1.807, 2.05) is 36.4 Å². The molecule has 1 aliphatic rings. The summed E-state index contributed by atoms with van der Waals surface area (Å²) in [4.78, 5) is 16.4. The van der Waals surface area contributed by atoms with Gasteiger partial charge in [-0.05, 0) is 42.3 Å². The minimum Gasteiger partial charge on any atom is -0.383 e. The number of thiophene rings is 1. The standard InChI is InChI=1S/C20H22BrNO4S2/c1-26-12-11-22(17-10-13-28(24,25)14-17)20(23)9-7-18-6-8-19(27-18)15-2-4-16(21)5-3-15/h2-9,17H,10-14H2,1H3. The van der Waals surface area contributed by atoms with Crippen molar-refractivity contribution in [2.45, 2.75) is 12.5 Å². The van der Waals surface area contributed by atoms with Gasteiger partial charge in [-0.25, -0.2) is 8.42 Å². The van der Waals surface area contributed by atoms with Gasteiger partial charge in [0.25, 0.3) is 0 Å². The molecule has 1 atom stereocenters. The Morgan fingerprint density at radius 3 is 2.68 bits per heavy atom. The Labute approximate surface area is 178 Å². The number of benzene rings is 1. The van der Waals surface area contributed by atoms with Crippen molar-refractivity contribution in [1.29, 1.82) is 0 Å². The zero-order valence-corrected chi connectivity index (χ0v) is 18.7. The molecule has 8 heteroatoms. The molecule has 1 saturated heterocycles. The van der Waals surface area contributed by atoms with E-state index in [0.717, 1.165) is 19.8 Å². The summed E-state index contributed by atoms with van der Waals surface area (Å²) in [5, 5.41) is 0. The van der Waals surface area contributed by atoms with Gasteiger partial charge in [-0.15, -0.1) is 11.3 Å². The van der Waals surface area contributed by atoms with Gasteiger partial charge in [-0.2, -0.15) is 0 Å². The van der Waals surface area contributed by atoms with Crippen LogP contribution < -0.4 is 0 Å². The van der Waals surface area contributed by atoms with Crippen molar-refractivity contribution in [3.63, 3.8) is 0 Å². The minimum atomic E-state index is -3.06. The van der Waals surface area contributed by atoms with Gasteiger partial charge >= 0.3 is 0 Å². The molecule has 28 heavy (non-hydrogen) atoms. The number of ether oxygens (including phenoxy) is 1. The monoisotopic (exact) mass is 483 g/mol. The first-order valence-electron chi connectivity index (χ1n) is 8.92. The largest absolute Gasteiger partial charge is 0.383 e. The third-order valence-electron chi connectivity index (χ3n) is 4.61. The predicted molar refractivity (Wildman–Crippen MR) is 117 cm³/mol. The summed E-state index contributed by atoms with van der Waals surface area (Å²) in [7, 11) is -1.49. The average Bonchev–Trinajstić information content (AvgIpc) is 3.27. The molecule has 0 radical (unpaired) electrons. The summed E-state index contributed by atoms with van der Waals surface area (Å²) < 4.78 is 29.7. The second-order valence-electron chi connectivity index (χ2n) is 6.62. The molecule has 2 heterocycles. The number of methoxy groups -OCH3 is 1. The van der Waals surface area contributed by atoms with Crippen molar-refractivity contribution < 1.29 is 17.9 Å². The first kappa shape index (κ1) is 21.2. The van der Waals surface area contributed by atoms with Crippen molar-refractivity contribution in [3.8, 4) is 10.4 Å². The van der Waals surface area contributed by atoms with Crippen LogP contribution in [-0.2, 0) is 19.4 Å². The zero-order valence-electron chi connectivity index (χ0n) is 15.5. The van der Waals surface area contributed by atoms with Crippen LogP contribution in [0.1, 0.15) is 11.3 Å². The quantitative estimate of drug-likeness (QED) is 0.560. The van der Waals surface area contributed by atoms with Crippen LogP contribution in [0.4, 0.5) is 0 Å². The predicted octanol–water partition coefficient (Wildman–Crippen LogP) is 3.85. The lowest BCUT2D eigenvalue weighted by Crippen LogP contribution is -2.42. The Morgan fingerprint density at radius 2 is 2.04 bits per heavy atom. The van der Waals surface area contributed by atoms with Crippen LogP contribution in [0.5, 0.6) is 0 Å². The molecule has 3 rings (SSSR count). The Bertz CT molecular complexity index is 951. The van der Waals surface area contributed by atoms with Gasteiger partial charge in [0.15, 0.2) is 9.84 Å². The molecule has 5 nitrogen and oxygen atoms in total. The van der Waals surface area contributed by atoms with Crippen LogP contribution in [0.2, 0.25) is 0 Å². The Hall–Kier alpha value is -1.48. The number of carbonyl (C=O) groups excluding carboxylic acids is 1. The smallest absolute Gasteiger partial charge is 0.246 e. The number of nitrogens with zero attached hydrogens (tertiary/aromatic N) is 1. The van der Waals surface area contributed by atoms with Crippen LogP contribution in [0, 0.1) is 0 Å². The number of sulfone groups is 1. The summed E-state index contributed by atoms with van der Waals surface area (Å²) in [5.74, 6) is -0.0134. The third-order valence-corrected chi connectivity index (χ3v) is 7.99. The Kier molecular flexibility index (Phi) is 7.09. The van der Waals surface area contributed by atoms with Crippen molar-refractivity contribution >= 4 is 49.1 Å². The summed E-state index contributed by atoms with van der Waals surface area (Å²) in [6.45, 7) is 0.761. The van der Waals surface area contributed by atoms with E-state index >= 15 is 0 Å². The van der Waals surface area contributed by atoms with Gasteiger partial charge in [0.05, 0.1) is 18.1 Å². The maximum Gasteiger partial charge on any atom is 0.246 e. The van der Waals surface area contributed by atoms with E-state index in [4.69, 9.17) is 4.74 Å². The molecule has 1 unspecified atom stereocenters. The van der Waals surface area contributed by atoms with Crippen molar-refractivity contribution in [3.05, 3.63) is 51.8 Å². The minimum absolute atomic E-state index is 0.0308. The summed E-state index contributed by atoms with van der Waals surface area (Å²) in [5.41, 5.74) is 1.12. The van der Waals surface area contributed by atoms with Crippen LogP contribution in [0.25, 0.3) is 16.5 Å². The number of rotatable bonds is 7. The van der Waals surface area contributed by atoms with E-state index in [9.17, 15) is 13.2 Å². The van der Waals surface area contributed by atoms with Gasteiger partial charge in [0.1, 0.15) is 0 Å². The maximum atomic E-state index is 12.7. The Morgan fingerprint density at radius 1 is 1.29 bits per heavy atom. The highest BCUT2D eigenvalue weighted by Crippen LogP contribution is 2.30. The highest BCUT2D eigenvalue weighted by Gasteiger charge is 2.33. The zero-order chi connectivity index (χ0) is 20.1. The van der Waals surface area contributed by atoms with Crippen molar-refractivity contribution in [2.24, 2.45) is 0 Å². The molecule has 0 saturated carbocycles. The molecule has 0 spiro atoms. The fraction of sp³-hybridized carbons (Fsp3) is 0.350. The van der Waals surface area contributed by atoms with E-state index in [2.05, 4.69) is 15.9 Å². The molecule has 0 aliphatic carbocycles. The second-order valence-corrected chi connectivity index (χ2v) is 10.9. The number of hydrogen-bond donors (Lipinski definition) is 0. The number of hydrogen-bond acceptors (Lipinski definition) is 5. The fourth-order valence-electron chi connectivity index (χ4n) is 3.14. The molecule has 2 aromatic rings. The third kappa shape index (κ3) is 5.53. The maximum absolute atomic E-state index is 12.7. The summed E-state index contributed by atoms with van der Waals surface area (Å²) >= 11 is 5.04.